The Bertz CT molecular complexity index is 644. The zero-order chi connectivity index (χ0) is 14.0. The summed E-state index contributed by atoms with van der Waals surface area (Å²) >= 11 is 0. The topological polar surface area (TPSA) is 103 Å². The van der Waals surface area contributed by atoms with Crippen molar-refractivity contribution in [2.24, 2.45) is 0 Å². The van der Waals surface area contributed by atoms with E-state index in [0.29, 0.717) is 5.76 Å². The fraction of sp³-hybridized carbons (Fsp3) is 0.364. The third-order valence-electron chi connectivity index (χ3n) is 2.59. The van der Waals surface area contributed by atoms with Crippen molar-refractivity contribution in [1.82, 2.24) is 14.5 Å². The molecule has 2 heterocycles. The zero-order valence-electron chi connectivity index (χ0n) is 10.7. The molecule has 2 aromatic rings. The number of rotatable bonds is 5. The van der Waals surface area contributed by atoms with Crippen LogP contribution in [0.25, 0.3) is 0 Å². The standard InChI is InChI=1S/C11H16N4O3S/c1-8(2)15-11(12)10(7-13-15)19(16,17)14-6-9-4-3-5-18-9/h3-5,7-8,14H,6,12H2,1-2H3. The lowest BCUT2D eigenvalue weighted by Gasteiger charge is -2.09. The Kier molecular flexibility index (Phi) is 3.63. The smallest absolute Gasteiger partial charge is 0.246 e. The Morgan fingerprint density at radius 2 is 2.26 bits per heavy atom. The number of sulfonamides is 1. The van der Waals surface area contributed by atoms with Gasteiger partial charge in [-0.1, -0.05) is 0 Å². The first kappa shape index (κ1) is 13.6. The molecule has 19 heavy (non-hydrogen) atoms. The van der Waals surface area contributed by atoms with Crippen LogP contribution in [-0.4, -0.2) is 18.2 Å². The van der Waals surface area contributed by atoms with Gasteiger partial charge in [-0.05, 0) is 26.0 Å². The van der Waals surface area contributed by atoms with Crippen molar-refractivity contribution in [2.75, 3.05) is 5.73 Å². The number of hydrogen-bond acceptors (Lipinski definition) is 5. The maximum Gasteiger partial charge on any atom is 0.246 e. The van der Waals surface area contributed by atoms with E-state index in [1.54, 1.807) is 12.1 Å². The predicted molar refractivity (Wildman–Crippen MR) is 69.8 cm³/mol. The molecule has 104 valence electrons. The number of nitrogens with zero attached hydrogens (tertiary/aromatic N) is 2. The highest BCUT2D eigenvalue weighted by molar-refractivity contribution is 7.89. The second kappa shape index (κ2) is 5.06. The fourth-order valence-electron chi connectivity index (χ4n) is 1.63. The summed E-state index contributed by atoms with van der Waals surface area (Å²) in [5, 5.41) is 3.98. The molecule has 2 rings (SSSR count). The van der Waals surface area contributed by atoms with Gasteiger partial charge < -0.3 is 10.2 Å². The van der Waals surface area contributed by atoms with Gasteiger partial charge in [-0.2, -0.15) is 5.10 Å². The Morgan fingerprint density at radius 3 is 2.79 bits per heavy atom. The highest BCUT2D eigenvalue weighted by Crippen LogP contribution is 2.20. The van der Waals surface area contributed by atoms with Gasteiger partial charge in [0.2, 0.25) is 10.0 Å². The molecule has 0 aromatic carbocycles. The molecule has 0 saturated heterocycles. The van der Waals surface area contributed by atoms with Gasteiger partial charge in [0.05, 0.1) is 19.0 Å². The van der Waals surface area contributed by atoms with Crippen LogP contribution in [0.1, 0.15) is 25.6 Å². The van der Waals surface area contributed by atoms with E-state index in [1.807, 2.05) is 13.8 Å². The Balaban J connectivity index is 2.20. The van der Waals surface area contributed by atoms with Crippen molar-refractivity contribution in [3.05, 3.63) is 30.4 Å². The largest absolute Gasteiger partial charge is 0.468 e. The van der Waals surface area contributed by atoms with E-state index in [1.165, 1.54) is 17.1 Å². The van der Waals surface area contributed by atoms with Crippen molar-refractivity contribution in [1.29, 1.82) is 0 Å². The molecule has 3 N–H and O–H groups in total. The minimum absolute atomic E-state index is 0.00553. The summed E-state index contributed by atoms with van der Waals surface area (Å²) in [6.45, 7) is 3.81. The maximum atomic E-state index is 12.1. The van der Waals surface area contributed by atoms with E-state index >= 15 is 0 Å². The third kappa shape index (κ3) is 2.79. The summed E-state index contributed by atoms with van der Waals surface area (Å²) in [6, 6.07) is 3.37. The molecule has 0 radical (unpaired) electrons. The molecule has 2 aromatic heterocycles. The predicted octanol–water partition coefficient (Wildman–Crippen LogP) is 1.12. The lowest BCUT2D eigenvalue weighted by molar-refractivity contribution is 0.498. The molecule has 0 unspecified atom stereocenters. The van der Waals surface area contributed by atoms with E-state index in [4.69, 9.17) is 10.2 Å². The van der Waals surface area contributed by atoms with Gasteiger partial charge in [-0.15, -0.1) is 0 Å². The Labute approximate surface area is 111 Å². The molecule has 0 saturated carbocycles. The summed E-state index contributed by atoms with van der Waals surface area (Å²) in [4.78, 5) is -0.0206. The zero-order valence-corrected chi connectivity index (χ0v) is 11.5. The second-order valence-corrected chi connectivity index (χ2v) is 6.07. The molecule has 0 aliphatic heterocycles. The van der Waals surface area contributed by atoms with E-state index < -0.39 is 10.0 Å². The van der Waals surface area contributed by atoms with Crippen LogP contribution in [0.2, 0.25) is 0 Å². The van der Waals surface area contributed by atoms with Gasteiger partial charge in [0.25, 0.3) is 0 Å². The van der Waals surface area contributed by atoms with Crippen molar-refractivity contribution < 1.29 is 12.8 Å². The summed E-state index contributed by atoms with van der Waals surface area (Å²) in [6.07, 6.45) is 2.73. The van der Waals surface area contributed by atoms with Crippen LogP contribution in [0, 0.1) is 0 Å². The lowest BCUT2D eigenvalue weighted by Crippen LogP contribution is -2.23. The van der Waals surface area contributed by atoms with Gasteiger partial charge in [-0.25, -0.2) is 17.8 Å². The van der Waals surface area contributed by atoms with Gasteiger partial charge in [0, 0.05) is 6.04 Å². The lowest BCUT2D eigenvalue weighted by atomic mass is 10.4. The second-order valence-electron chi connectivity index (χ2n) is 4.34. The van der Waals surface area contributed by atoms with Gasteiger partial charge >= 0.3 is 0 Å². The van der Waals surface area contributed by atoms with Crippen LogP contribution in [0.4, 0.5) is 5.82 Å². The SMILES string of the molecule is CC(C)n1ncc(S(=O)(=O)NCc2ccco2)c1N. The minimum atomic E-state index is -3.70. The molecule has 0 fully saturated rings. The summed E-state index contributed by atoms with van der Waals surface area (Å²) in [5.74, 6) is 0.653. The first-order valence-electron chi connectivity index (χ1n) is 5.77. The molecule has 8 heteroatoms. The van der Waals surface area contributed by atoms with E-state index in [2.05, 4.69) is 9.82 Å². The minimum Gasteiger partial charge on any atom is -0.468 e. The van der Waals surface area contributed by atoms with Gasteiger partial charge in [-0.3, -0.25) is 0 Å². The van der Waals surface area contributed by atoms with Gasteiger partial charge in [0.1, 0.15) is 16.5 Å². The van der Waals surface area contributed by atoms with Crippen LogP contribution in [-0.2, 0) is 16.6 Å². The highest BCUT2D eigenvalue weighted by Gasteiger charge is 2.22. The quantitative estimate of drug-likeness (QED) is 0.856. The monoisotopic (exact) mass is 284 g/mol. The molecular weight excluding hydrogens is 268 g/mol. The summed E-state index contributed by atoms with van der Waals surface area (Å²) in [7, 11) is -3.70. The van der Waals surface area contributed by atoms with Crippen LogP contribution < -0.4 is 10.5 Å². The number of nitrogen functional groups attached to an aromatic ring is 1. The third-order valence-corrected chi connectivity index (χ3v) is 4.01. The van der Waals surface area contributed by atoms with Crippen LogP contribution in [0.15, 0.2) is 33.9 Å². The van der Waals surface area contributed by atoms with Crippen LogP contribution >= 0.6 is 0 Å². The first-order chi connectivity index (χ1) is 8.92. The van der Waals surface area contributed by atoms with E-state index in [-0.39, 0.29) is 23.3 Å². The van der Waals surface area contributed by atoms with Crippen molar-refractivity contribution >= 4 is 15.8 Å². The summed E-state index contributed by atoms with van der Waals surface area (Å²) < 4.78 is 33.1. The molecule has 0 spiro atoms. The number of anilines is 1. The van der Waals surface area contributed by atoms with Crippen LogP contribution in [0.3, 0.4) is 0 Å². The molecule has 7 nitrogen and oxygen atoms in total. The summed E-state index contributed by atoms with van der Waals surface area (Å²) in [5.41, 5.74) is 5.80. The maximum absolute atomic E-state index is 12.1. The highest BCUT2D eigenvalue weighted by atomic mass is 32.2. The molecule has 0 bridgehead atoms. The number of furan rings is 1. The van der Waals surface area contributed by atoms with Crippen molar-refractivity contribution in [2.45, 2.75) is 31.3 Å². The number of aromatic nitrogens is 2. The normalized spacial score (nSPS) is 12.2. The molecule has 0 aliphatic rings. The average Bonchev–Trinajstić information content (AvgIpc) is 2.95. The van der Waals surface area contributed by atoms with Gasteiger partial charge in [0.15, 0.2) is 0 Å². The molecule has 0 atom stereocenters. The Morgan fingerprint density at radius 1 is 1.53 bits per heavy atom. The van der Waals surface area contributed by atoms with E-state index in [0.717, 1.165) is 0 Å². The van der Waals surface area contributed by atoms with E-state index in [9.17, 15) is 8.42 Å². The number of nitrogens with one attached hydrogen (secondary N) is 1. The van der Waals surface area contributed by atoms with Crippen molar-refractivity contribution in [3.8, 4) is 0 Å². The molecular formula is C11H16N4O3S. The number of hydrogen-bond donors (Lipinski definition) is 2. The number of nitrogens with two attached hydrogens (primary N) is 1. The molecule has 0 amide bonds. The fourth-order valence-corrected chi connectivity index (χ4v) is 2.67. The molecule has 0 aliphatic carbocycles. The average molecular weight is 284 g/mol. The Hall–Kier alpha value is -1.80. The van der Waals surface area contributed by atoms with Crippen LogP contribution in [0.5, 0.6) is 0 Å². The van der Waals surface area contributed by atoms with Crippen molar-refractivity contribution in [3.63, 3.8) is 0 Å². The first-order valence-corrected chi connectivity index (χ1v) is 7.25.